The maximum atomic E-state index is 16.8. The van der Waals surface area contributed by atoms with Gasteiger partial charge in [-0.2, -0.15) is 5.10 Å². The van der Waals surface area contributed by atoms with Gasteiger partial charge in [0.2, 0.25) is 20.2 Å². The molecular formula is C46H55FN4O5Si. The molecule has 11 heteroatoms. The smallest absolute Gasteiger partial charge is 0.264 e. The van der Waals surface area contributed by atoms with Crippen LogP contribution in [-0.2, 0) is 37.7 Å². The summed E-state index contributed by atoms with van der Waals surface area (Å²) in [5.41, 5.74) is 5.61. The summed E-state index contributed by atoms with van der Waals surface area (Å²) in [7, 11) is -3.60. The van der Waals surface area contributed by atoms with E-state index in [4.69, 9.17) is 9.84 Å². The third-order valence-corrected chi connectivity index (χ3v) is 14.8. The molecule has 4 aliphatic heterocycles. The highest BCUT2D eigenvalue weighted by atomic mass is 28.4. The van der Waals surface area contributed by atoms with Gasteiger partial charge in [-0.05, 0) is 88.0 Å². The molecule has 3 aromatic rings. The highest BCUT2D eigenvalue weighted by Gasteiger charge is 2.67. The number of hydrogen-bond acceptors (Lipinski definition) is 6. The number of benzene rings is 3. The maximum Gasteiger partial charge on any atom is 0.264 e. The zero-order chi connectivity index (χ0) is 40.6. The molecule has 0 radical (unpaired) electrons. The van der Waals surface area contributed by atoms with Gasteiger partial charge in [0.1, 0.15) is 0 Å². The summed E-state index contributed by atoms with van der Waals surface area (Å²) < 4.78 is 23.8. The Labute approximate surface area is 337 Å². The second-order valence-corrected chi connectivity index (χ2v) is 20.7. The fourth-order valence-corrected chi connectivity index (χ4v) is 11.9. The van der Waals surface area contributed by atoms with Crippen LogP contribution in [0.5, 0.6) is 0 Å². The van der Waals surface area contributed by atoms with Crippen LogP contribution in [0, 0.1) is 5.92 Å². The van der Waals surface area contributed by atoms with Gasteiger partial charge >= 0.3 is 0 Å². The summed E-state index contributed by atoms with van der Waals surface area (Å²) in [6.07, 6.45) is 6.28. The monoisotopic (exact) mass is 790 g/mol. The lowest BCUT2D eigenvalue weighted by molar-refractivity contribution is -0.150. The van der Waals surface area contributed by atoms with Gasteiger partial charge in [0.05, 0.1) is 42.3 Å². The molecule has 57 heavy (non-hydrogen) atoms. The van der Waals surface area contributed by atoms with Gasteiger partial charge in [-0.3, -0.25) is 14.4 Å². The minimum atomic E-state index is -3.60. The molecule has 0 bridgehead atoms. The van der Waals surface area contributed by atoms with Gasteiger partial charge in [-0.1, -0.05) is 84.8 Å². The number of aliphatic hydroxyl groups excluding tert-OH is 1. The lowest BCUT2D eigenvalue weighted by Gasteiger charge is -2.37. The normalized spacial score (nSPS) is 24.8. The van der Waals surface area contributed by atoms with E-state index < -0.39 is 37.6 Å². The summed E-state index contributed by atoms with van der Waals surface area (Å²) in [6, 6.07) is 22.7. The summed E-state index contributed by atoms with van der Waals surface area (Å²) in [5, 5.41) is 16.6. The lowest BCUT2D eigenvalue weighted by atomic mass is 9.82. The number of anilines is 2. The topological polar surface area (TPSA) is 103 Å². The molecule has 1 spiro atoms. The van der Waals surface area contributed by atoms with Crippen molar-refractivity contribution in [1.82, 2.24) is 4.90 Å². The Morgan fingerprint density at radius 1 is 1.00 bits per heavy atom. The van der Waals surface area contributed by atoms with Crippen LogP contribution < -0.4 is 9.91 Å². The lowest BCUT2D eigenvalue weighted by Crippen LogP contribution is -2.48. The quantitative estimate of drug-likeness (QED) is 0.120. The van der Waals surface area contributed by atoms with E-state index in [1.54, 1.807) is 22.9 Å². The molecule has 4 heterocycles. The Morgan fingerprint density at radius 2 is 1.72 bits per heavy atom. The van der Waals surface area contributed by atoms with Gasteiger partial charge in [-0.25, -0.2) is 5.01 Å². The predicted molar refractivity (Wildman–Crippen MR) is 225 cm³/mol. The Hall–Kier alpha value is -4.71. The van der Waals surface area contributed by atoms with E-state index in [2.05, 4.69) is 32.9 Å². The number of fused-ring (bicyclic) bond motifs is 3. The first kappa shape index (κ1) is 40.5. The van der Waals surface area contributed by atoms with Gasteiger partial charge in [0, 0.05) is 43.0 Å². The van der Waals surface area contributed by atoms with E-state index in [9.17, 15) is 14.7 Å². The number of halogens is 1. The SMILES string of the molecule is CC(C)=CCC/C(C)=C/CN1C(=O)[C@@]2(O[C@@H](CC(=O)N3Cc4ccccc4C[C@H]3CO)[C@H]([Si](C)(C)F)[C@H]2C)c2cc(N3N=C(c4ccccc4)CCC3=O)ccc21. The molecular weight excluding hydrogens is 736 g/mol. The first-order chi connectivity index (χ1) is 27.2. The van der Waals surface area contributed by atoms with E-state index in [0.29, 0.717) is 42.9 Å². The van der Waals surface area contributed by atoms with Crippen molar-refractivity contribution in [3.8, 4) is 0 Å². The Balaban J connectivity index is 1.28. The minimum absolute atomic E-state index is 0.128. The third kappa shape index (κ3) is 7.81. The largest absolute Gasteiger partial charge is 0.394 e. The molecule has 1 saturated heterocycles. The minimum Gasteiger partial charge on any atom is -0.394 e. The molecule has 3 aromatic carbocycles. The molecule has 0 aromatic heterocycles. The second-order valence-electron chi connectivity index (χ2n) is 16.9. The molecule has 7 rings (SSSR count). The second kappa shape index (κ2) is 16.3. The highest BCUT2D eigenvalue weighted by molar-refractivity contribution is 6.72. The maximum absolute atomic E-state index is 16.8. The Bertz CT molecular complexity index is 2130. The average molecular weight is 791 g/mol. The first-order valence-electron chi connectivity index (χ1n) is 20.3. The van der Waals surface area contributed by atoms with Gasteiger partial charge < -0.3 is 23.8 Å². The van der Waals surface area contributed by atoms with Crippen LogP contribution in [0.15, 0.2) is 101 Å². The van der Waals surface area contributed by atoms with Gasteiger partial charge in [0.25, 0.3) is 5.91 Å². The third-order valence-electron chi connectivity index (χ3n) is 12.3. The van der Waals surface area contributed by atoms with Crippen molar-refractivity contribution < 1.29 is 28.3 Å². The molecule has 4 aliphatic rings. The number of amides is 3. The summed E-state index contributed by atoms with van der Waals surface area (Å²) in [5.74, 6) is -1.34. The van der Waals surface area contributed by atoms with E-state index in [0.717, 1.165) is 40.8 Å². The number of carbonyl (C=O) groups is 3. The Kier molecular flexibility index (Phi) is 11.6. The molecule has 0 saturated carbocycles. The fourth-order valence-electron chi connectivity index (χ4n) is 9.41. The van der Waals surface area contributed by atoms with E-state index >= 15 is 8.90 Å². The Morgan fingerprint density at radius 3 is 2.42 bits per heavy atom. The molecule has 3 amide bonds. The molecule has 5 atom stereocenters. The van der Waals surface area contributed by atoms with E-state index in [1.165, 1.54) is 10.6 Å². The molecule has 0 aliphatic carbocycles. The number of allylic oxidation sites excluding steroid dienone is 3. The van der Waals surface area contributed by atoms with Crippen molar-refractivity contribution in [3.63, 3.8) is 0 Å². The fraction of sp³-hybridized carbons (Fsp3) is 0.435. The van der Waals surface area contributed by atoms with Crippen molar-refractivity contribution in [2.45, 2.75) is 109 Å². The molecule has 0 unspecified atom stereocenters. The van der Waals surface area contributed by atoms with Crippen LogP contribution in [0.1, 0.15) is 82.1 Å². The zero-order valence-electron chi connectivity index (χ0n) is 34.0. The molecule has 9 nitrogen and oxygen atoms in total. The molecule has 1 fully saturated rings. The number of aliphatic hydroxyl groups is 1. The van der Waals surface area contributed by atoms with Crippen molar-refractivity contribution in [2.75, 3.05) is 23.1 Å². The summed E-state index contributed by atoms with van der Waals surface area (Å²) in [6.45, 7) is 11.8. The van der Waals surface area contributed by atoms with Crippen molar-refractivity contribution in [1.29, 1.82) is 0 Å². The van der Waals surface area contributed by atoms with Gasteiger partial charge in [-0.15, -0.1) is 0 Å². The summed E-state index contributed by atoms with van der Waals surface area (Å²) in [4.78, 5) is 46.4. The summed E-state index contributed by atoms with van der Waals surface area (Å²) >= 11 is 0. The van der Waals surface area contributed by atoms with Crippen LogP contribution in [0.4, 0.5) is 15.5 Å². The van der Waals surface area contributed by atoms with Gasteiger partial charge in [0.15, 0.2) is 5.60 Å². The van der Waals surface area contributed by atoms with Crippen LogP contribution in [-0.4, -0.2) is 67.1 Å². The van der Waals surface area contributed by atoms with Crippen molar-refractivity contribution in [2.24, 2.45) is 11.0 Å². The van der Waals surface area contributed by atoms with Crippen molar-refractivity contribution in [3.05, 3.63) is 118 Å². The van der Waals surface area contributed by atoms with E-state index in [-0.39, 0.29) is 37.2 Å². The van der Waals surface area contributed by atoms with Crippen LogP contribution in [0.3, 0.4) is 0 Å². The number of hydrogen-bond donors (Lipinski definition) is 1. The van der Waals surface area contributed by atoms with Crippen LogP contribution in [0.2, 0.25) is 18.6 Å². The standard InChI is InChI=1S/C46H55FN4O5Si/c1-30(2)13-12-14-31(3)23-24-49-40-21-19-36(51-42(53)22-20-39(48-51)33-15-8-7-9-16-33)26-38(40)46(45(49)55)32(4)44(57(5,6)47)41(56-46)27-43(54)50-28-35-18-11-10-17-34(35)25-37(50)29-52/h7-11,13,15-19,21,23,26,32,37,41,44,52H,12,14,20,22,24-25,27-29H2,1-6H3/b31-23+/t32-,37+,41+,44-,46+/m1/s1. The molecule has 300 valence electrons. The predicted octanol–water partition coefficient (Wildman–Crippen LogP) is 8.37. The van der Waals surface area contributed by atoms with E-state index in [1.807, 2.05) is 79.7 Å². The van der Waals surface area contributed by atoms with Crippen molar-refractivity contribution >= 4 is 43.2 Å². The van der Waals surface area contributed by atoms with Crippen LogP contribution >= 0.6 is 0 Å². The number of carbonyl (C=O) groups excluding carboxylic acids is 3. The highest BCUT2D eigenvalue weighted by Crippen LogP contribution is 2.60. The molecule has 1 N–H and O–H groups in total. The number of hydrazone groups is 1. The number of nitrogens with zero attached hydrogens (tertiary/aromatic N) is 4. The average Bonchev–Trinajstić information content (AvgIpc) is 3.62. The zero-order valence-corrected chi connectivity index (χ0v) is 35.0. The number of rotatable bonds is 11. The number of ether oxygens (including phenoxy) is 1. The first-order valence-corrected chi connectivity index (χ1v) is 23.2. The van der Waals surface area contributed by atoms with Crippen LogP contribution in [0.25, 0.3) is 0 Å².